The zero-order valence-corrected chi connectivity index (χ0v) is 9.17. The van der Waals surface area contributed by atoms with E-state index >= 15 is 0 Å². The summed E-state index contributed by atoms with van der Waals surface area (Å²) in [6.07, 6.45) is 4.46. The zero-order chi connectivity index (χ0) is 8.43. The van der Waals surface area contributed by atoms with Gasteiger partial charge in [0, 0.05) is 0 Å². The third-order valence-corrected chi connectivity index (χ3v) is 2.71. The molecular weight excluding hydrogens is 223 g/mol. The molecule has 0 bridgehead atoms. The molecule has 11 heavy (non-hydrogen) atoms. The van der Waals surface area contributed by atoms with Crippen LogP contribution in [0, 0.1) is 5.92 Å². The van der Waals surface area contributed by atoms with Crippen LogP contribution in [0.4, 0.5) is 0 Å². The first-order valence-corrected chi connectivity index (χ1v) is 5.00. The molecule has 0 saturated carbocycles. The molecule has 0 fully saturated rings. The van der Waals surface area contributed by atoms with Gasteiger partial charge in [-0.25, -0.2) is 0 Å². The van der Waals surface area contributed by atoms with E-state index in [4.69, 9.17) is 11.6 Å². The van der Waals surface area contributed by atoms with Crippen LogP contribution in [-0.4, -0.2) is 0 Å². The topological polar surface area (TPSA) is 0 Å². The highest BCUT2D eigenvalue weighted by molar-refractivity contribution is 9.12. The number of rotatable bonds is 1. The monoisotopic (exact) mass is 234 g/mol. The quantitative estimate of drug-likeness (QED) is 0.639. The lowest BCUT2D eigenvalue weighted by molar-refractivity contribution is 0.669. The molecule has 0 aromatic rings. The van der Waals surface area contributed by atoms with Gasteiger partial charge in [0.05, 0.1) is 3.94 Å². The lowest BCUT2D eigenvalue weighted by atomic mass is 10.1. The van der Waals surface area contributed by atoms with Crippen LogP contribution >= 0.6 is 27.5 Å². The minimum absolute atomic E-state index is 0.709. The normalized spacial score (nSPS) is 26.5. The number of allylic oxidation sites excluding steroid dienone is 3. The van der Waals surface area contributed by atoms with E-state index in [2.05, 4.69) is 29.8 Å². The molecule has 0 N–H and O–H groups in total. The molecule has 0 aromatic carbocycles. The van der Waals surface area contributed by atoms with Crippen molar-refractivity contribution in [2.75, 3.05) is 0 Å². The fourth-order valence-corrected chi connectivity index (χ4v) is 1.83. The molecule has 1 atom stereocenters. The molecule has 1 aliphatic carbocycles. The van der Waals surface area contributed by atoms with Crippen molar-refractivity contribution in [1.29, 1.82) is 0 Å². The Labute approximate surface area is 81.4 Å². The molecule has 62 valence electrons. The lowest BCUT2D eigenvalue weighted by Crippen LogP contribution is -1.86. The Morgan fingerprint density at radius 1 is 1.73 bits per heavy atom. The Morgan fingerprint density at radius 2 is 2.36 bits per heavy atom. The average Bonchev–Trinajstić information content (AvgIpc) is 2.18. The molecule has 0 aromatic heterocycles. The van der Waals surface area contributed by atoms with Crippen molar-refractivity contribution >= 4 is 27.5 Å². The van der Waals surface area contributed by atoms with Gasteiger partial charge in [0.25, 0.3) is 0 Å². The third kappa shape index (κ3) is 2.34. The van der Waals surface area contributed by atoms with E-state index in [1.54, 1.807) is 0 Å². The summed E-state index contributed by atoms with van der Waals surface area (Å²) in [6, 6.07) is 0. The van der Waals surface area contributed by atoms with E-state index in [0.29, 0.717) is 3.94 Å². The van der Waals surface area contributed by atoms with Crippen LogP contribution in [-0.2, 0) is 0 Å². The summed E-state index contributed by atoms with van der Waals surface area (Å²) in [5, 5.41) is 0. The van der Waals surface area contributed by atoms with E-state index in [1.807, 2.05) is 6.08 Å². The molecule has 0 heterocycles. The molecule has 0 aliphatic heterocycles. The SMILES string of the molecule is CC1=C(/C=C(/Cl)Br)CCC1C. The maximum atomic E-state index is 5.71. The van der Waals surface area contributed by atoms with E-state index < -0.39 is 0 Å². The fraction of sp³-hybridized carbons (Fsp3) is 0.556. The number of hydrogen-bond donors (Lipinski definition) is 0. The van der Waals surface area contributed by atoms with Crippen LogP contribution < -0.4 is 0 Å². The summed E-state index contributed by atoms with van der Waals surface area (Å²) in [7, 11) is 0. The van der Waals surface area contributed by atoms with E-state index in [9.17, 15) is 0 Å². The van der Waals surface area contributed by atoms with Crippen molar-refractivity contribution < 1.29 is 0 Å². The van der Waals surface area contributed by atoms with Gasteiger partial charge in [-0.2, -0.15) is 0 Å². The Hall–Kier alpha value is 0.250. The summed E-state index contributed by atoms with van der Waals surface area (Å²) in [5.74, 6) is 0.741. The van der Waals surface area contributed by atoms with Gasteiger partial charge in [0.2, 0.25) is 0 Å². The highest BCUT2D eigenvalue weighted by Crippen LogP contribution is 2.33. The van der Waals surface area contributed by atoms with Crippen LogP contribution in [0.3, 0.4) is 0 Å². The molecule has 0 radical (unpaired) electrons. The molecule has 1 aliphatic rings. The first kappa shape index (κ1) is 9.34. The minimum atomic E-state index is 0.709. The molecule has 0 saturated heterocycles. The number of halogens is 2. The van der Waals surface area contributed by atoms with Gasteiger partial charge in [0.15, 0.2) is 0 Å². The molecule has 2 heteroatoms. The summed E-state index contributed by atoms with van der Waals surface area (Å²) in [5.41, 5.74) is 2.89. The van der Waals surface area contributed by atoms with Crippen molar-refractivity contribution in [3.05, 3.63) is 21.2 Å². The second-order valence-electron chi connectivity index (χ2n) is 3.08. The van der Waals surface area contributed by atoms with Gasteiger partial charge in [-0.3, -0.25) is 0 Å². The lowest BCUT2D eigenvalue weighted by Gasteiger charge is -2.00. The van der Waals surface area contributed by atoms with Crippen molar-refractivity contribution in [2.24, 2.45) is 5.92 Å². The summed E-state index contributed by atoms with van der Waals surface area (Å²) in [6.45, 7) is 4.45. The van der Waals surface area contributed by atoms with Crippen LogP contribution in [0.5, 0.6) is 0 Å². The third-order valence-electron chi connectivity index (χ3n) is 2.38. The number of hydrogen-bond acceptors (Lipinski definition) is 0. The molecule has 1 unspecified atom stereocenters. The van der Waals surface area contributed by atoms with E-state index in [0.717, 1.165) is 5.92 Å². The predicted octanol–water partition coefficient (Wildman–Crippen LogP) is 4.21. The van der Waals surface area contributed by atoms with Crippen LogP contribution in [0.1, 0.15) is 26.7 Å². The molecule has 0 amide bonds. The van der Waals surface area contributed by atoms with Crippen molar-refractivity contribution in [2.45, 2.75) is 26.7 Å². The first-order chi connectivity index (χ1) is 5.11. The zero-order valence-electron chi connectivity index (χ0n) is 6.82. The van der Waals surface area contributed by atoms with Crippen molar-refractivity contribution in [1.82, 2.24) is 0 Å². The highest BCUT2D eigenvalue weighted by Gasteiger charge is 2.16. The highest BCUT2D eigenvalue weighted by atomic mass is 79.9. The largest absolute Gasteiger partial charge is 0.0836 e. The minimum Gasteiger partial charge on any atom is -0.0761 e. The van der Waals surface area contributed by atoms with Crippen molar-refractivity contribution in [3.8, 4) is 0 Å². The van der Waals surface area contributed by atoms with Gasteiger partial charge >= 0.3 is 0 Å². The molecule has 0 spiro atoms. The second-order valence-corrected chi connectivity index (χ2v) is 4.80. The summed E-state index contributed by atoms with van der Waals surface area (Å²) in [4.78, 5) is 0. The standard InChI is InChI=1S/C9H12BrCl/c1-6-3-4-8(7(6)2)5-9(10)11/h5-6H,3-4H2,1-2H3/b9-5+. The van der Waals surface area contributed by atoms with Crippen LogP contribution in [0.25, 0.3) is 0 Å². The van der Waals surface area contributed by atoms with Gasteiger partial charge < -0.3 is 0 Å². The summed E-state index contributed by atoms with van der Waals surface area (Å²) >= 11 is 8.94. The Morgan fingerprint density at radius 3 is 2.73 bits per heavy atom. The predicted molar refractivity (Wildman–Crippen MR) is 54.0 cm³/mol. The molecule has 0 nitrogen and oxygen atoms in total. The van der Waals surface area contributed by atoms with Crippen LogP contribution in [0.15, 0.2) is 21.2 Å². The Balaban J connectivity index is 2.80. The Kier molecular flexibility index (Phi) is 3.20. The molecular formula is C9H12BrCl. The smallest absolute Gasteiger partial charge is 0.0761 e. The van der Waals surface area contributed by atoms with Crippen LogP contribution in [0.2, 0.25) is 0 Å². The maximum absolute atomic E-state index is 5.71. The van der Waals surface area contributed by atoms with E-state index in [-0.39, 0.29) is 0 Å². The fourth-order valence-electron chi connectivity index (χ4n) is 1.42. The first-order valence-electron chi connectivity index (χ1n) is 3.83. The maximum Gasteiger partial charge on any atom is 0.0836 e. The van der Waals surface area contributed by atoms with Gasteiger partial charge in [-0.15, -0.1) is 0 Å². The summed E-state index contributed by atoms with van der Waals surface area (Å²) < 4.78 is 0.709. The van der Waals surface area contributed by atoms with Gasteiger partial charge in [0.1, 0.15) is 0 Å². The van der Waals surface area contributed by atoms with E-state index in [1.165, 1.54) is 24.0 Å². The average molecular weight is 236 g/mol. The van der Waals surface area contributed by atoms with Gasteiger partial charge in [-0.05, 0) is 53.3 Å². The molecule has 1 rings (SSSR count). The van der Waals surface area contributed by atoms with Crippen molar-refractivity contribution in [3.63, 3.8) is 0 Å². The van der Waals surface area contributed by atoms with Gasteiger partial charge in [-0.1, -0.05) is 24.1 Å². The Bertz CT molecular complexity index is 212. The second kappa shape index (κ2) is 3.77.